The van der Waals surface area contributed by atoms with E-state index >= 15 is 0 Å². The first-order chi connectivity index (χ1) is 7.62. The first kappa shape index (κ1) is 16.3. The van der Waals surface area contributed by atoms with E-state index in [9.17, 15) is 21.6 Å². The van der Waals surface area contributed by atoms with Crippen LogP contribution in [0.1, 0.15) is 25.7 Å². The number of carbonyl (C=O) groups is 1. The van der Waals surface area contributed by atoms with Gasteiger partial charge in [-0.05, 0) is 12.8 Å². The quantitative estimate of drug-likeness (QED) is 0.555. The number of rotatable bonds is 9. The van der Waals surface area contributed by atoms with Gasteiger partial charge >= 0.3 is 5.97 Å². The number of carboxylic acid groups (broad SMARTS) is 1. The molecule has 0 atom stereocenters. The van der Waals surface area contributed by atoms with Crippen molar-refractivity contribution in [1.29, 1.82) is 0 Å². The average Bonchev–Trinajstić information content (AvgIpc) is 2.06. The maximum Gasteiger partial charge on any atom is 0.303 e. The molecule has 0 fully saturated rings. The second-order valence-electron chi connectivity index (χ2n) is 3.76. The van der Waals surface area contributed by atoms with Crippen LogP contribution in [-0.4, -0.2) is 45.8 Å². The molecule has 0 saturated heterocycles. The minimum absolute atomic E-state index is 0.0517. The lowest BCUT2D eigenvalue weighted by molar-refractivity contribution is -0.137. The summed E-state index contributed by atoms with van der Waals surface area (Å²) in [5.41, 5.74) is 0. The fourth-order valence-corrected chi connectivity index (χ4v) is 4.17. The molecule has 0 aromatic heterocycles. The molecule has 0 aliphatic rings. The van der Waals surface area contributed by atoms with Gasteiger partial charge in [0.1, 0.15) is 0 Å². The van der Waals surface area contributed by atoms with E-state index in [1.165, 1.54) is 0 Å². The molecule has 0 unspecified atom stereocenters. The fourth-order valence-electron chi connectivity index (χ4n) is 1.13. The van der Waals surface area contributed by atoms with Gasteiger partial charge in [-0.3, -0.25) is 4.79 Å². The molecule has 0 amide bonds. The fraction of sp³-hybridized carbons (Fsp3) is 0.875. The Balaban J connectivity index is 3.78. The number of sulfonamides is 1. The first-order valence-corrected chi connectivity index (χ1v) is 8.70. The zero-order valence-electron chi connectivity index (χ0n) is 9.55. The number of sulfone groups is 1. The predicted molar refractivity (Wildman–Crippen MR) is 62.7 cm³/mol. The smallest absolute Gasteiger partial charge is 0.303 e. The van der Waals surface area contributed by atoms with Gasteiger partial charge in [-0.2, -0.15) is 0 Å². The third kappa shape index (κ3) is 11.6. The molecule has 0 rings (SSSR count). The van der Waals surface area contributed by atoms with Crippen LogP contribution in [-0.2, 0) is 24.7 Å². The monoisotopic (exact) mass is 287 g/mol. The summed E-state index contributed by atoms with van der Waals surface area (Å²) in [6.45, 7) is 0.122. The molecule has 17 heavy (non-hydrogen) atoms. The summed E-state index contributed by atoms with van der Waals surface area (Å²) in [6, 6.07) is 0. The lowest BCUT2D eigenvalue weighted by Crippen LogP contribution is -2.30. The second-order valence-corrected chi connectivity index (χ2v) is 8.07. The van der Waals surface area contributed by atoms with E-state index < -0.39 is 30.9 Å². The molecule has 2 N–H and O–H groups in total. The van der Waals surface area contributed by atoms with Gasteiger partial charge in [0, 0.05) is 19.2 Å². The van der Waals surface area contributed by atoms with Gasteiger partial charge in [0.2, 0.25) is 10.0 Å². The van der Waals surface area contributed by atoms with Crippen molar-refractivity contribution >= 4 is 25.8 Å². The summed E-state index contributed by atoms with van der Waals surface area (Å²) in [6.07, 6.45) is 2.43. The highest BCUT2D eigenvalue weighted by molar-refractivity contribution is 8.06. The molecule has 102 valence electrons. The van der Waals surface area contributed by atoms with Gasteiger partial charge < -0.3 is 5.11 Å². The Kier molecular flexibility index (Phi) is 6.65. The highest BCUT2D eigenvalue weighted by Crippen LogP contribution is 1.99. The van der Waals surface area contributed by atoms with Crippen LogP contribution >= 0.6 is 0 Å². The van der Waals surface area contributed by atoms with Crippen LogP contribution in [0.25, 0.3) is 0 Å². The number of carboxylic acids is 1. The van der Waals surface area contributed by atoms with Crippen molar-refractivity contribution in [3.63, 3.8) is 0 Å². The number of hydrogen-bond acceptors (Lipinski definition) is 5. The third-order valence-corrected chi connectivity index (χ3v) is 5.36. The Hall–Kier alpha value is -0.670. The lowest BCUT2D eigenvalue weighted by Gasteiger charge is -2.04. The van der Waals surface area contributed by atoms with E-state index in [1.807, 2.05) is 0 Å². The second kappa shape index (κ2) is 6.92. The van der Waals surface area contributed by atoms with Crippen LogP contribution < -0.4 is 4.72 Å². The van der Waals surface area contributed by atoms with Crippen LogP contribution in [0.5, 0.6) is 0 Å². The molecular weight excluding hydrogens is 270 g/mol. The van der Waals surface area contributed by atoms with E-state index in [0.717, 1.165) is 6.26 Å². The van der Waals surface area contributed by atoms with Gasteiger partial charge in [-0.1, -0.05) is 6.42 Å². The van der Waals surface area contributed by atoms with Crippen molar-refractivity contribution in [3.8, 4) is 0 Å². The summed E-state index contributed by atoms with van der Waals surface area (Å²) < 4.78 is 46.1. The van der Waals surface area contributed by atoms with Gasteiger partial charge in [0.15, 0.2) is 14.9 Å². The Morgan fingerprint density at radius 1 is 1.12 bits per heavy atom. The predicted octanol–water partition coefficient (Wildman–Crippen LogP) is -0.447. The third-order valence-electron chi connectivity index (χ3n) is 1.76. The molecule has 0 aromatic carbocycles. The summed E-state index contributed by atoms with van der Waals surface area (Å²) in [4.78, 5) is 10.2. The number of nitrogens with one attached hydrogen (secondary N) is 1. The standard InChI is InChI=1S/C8H17NO6S2/c1-16(12,13)7-17(14,15)9-6-4-2-3-5-8(10)11/h9H,2-7H2,1H3,(H,10,11). The van der Waals surface area contributed by atoms with Crippen LogP contribution in [0, 0.1) is 0 Å². The maximum absolute atomic E-state index is 11.2. The molecule has 0 aromatic rings. The lowest BCUT2D eigenvalue weighted by atomic mass is 10.2. The average molecular weight is 287 g/mol. The van der Waals surface area contributed by atoms with Crippen LogP contribution in [0.4, 0.5) is 0 Å². The zero-order valence-corrected chi connectivity index (χ0v) is 11.2. The summed E-state index contributed by atoms with van der Waals surface area (Å²) >= 11 is 0. The molecule has 0 radical (unpaired) electrons. The minimum atomic E-state index is -3.80. The number of unbranched alkanes of at least 4 members (excludes halogenated alkanes) is 2. The Bertz CT molecular complexity index is 439. The van der Waals surface area contributed by atoms with Crippen LogP contribution in [0.3, 0.4) is 0 Å². The molecule has 7 nitrogen and oxygen atoms in total. The first-order valence-electron chi connectivity index (χ1n) is 4.99. The molecule has 0 aliphatic carbocycles. The van der Waals surface area contributed by atoms with Crippen molar-refractivity contribution in [1.82, 2.24) is 4.72 Å². The van der Waals surface area contributed by atoms with Gasteiger partial charge in [-0.25, -0.2) is 21.6 Å². The molecule has 0 spiro atoms. The molecule has 0 saturated carbocycles. The largest absolute Gasteiger partial charge is 0.481 e. The number of hydrogen-bond donors (Lipinski definition) is 2. The number of aliphatic carboxylic acids is 1. The van der Waals surface area contributed by atoms with Crippen LogP contribution in [0.2, 0.25) is 0 Å². The van der Waals surface area contributed by atoms with Crippen LogP contribution in [0.15, 0.2) is 0 Å². The summed E-state index contributed by atoms with van der Waals surface area (Å²) in [5, 5.41) is 7.43. The van der Waals surface area contributed by atoms with Crippen molar-refractivity contribution in [2.45, 2.75) is 25.7 Å². The minimum Gasteiger partial charge on any atom is -0.481 e. The zero-order chi connectivity index (χ0) is 13.5. The van der Waals surface area contributed by atoms with E-state index in [-0.39, 0.29) is 13.0 Å². The van der Waals surface area contributed by atoms with E-state index in [2.05, 4.69) is 4.72 Å². The van der Waals surface area contributed by atoms with E-state index in [4.69, 9.17) is 5.11 Å². The van der Waals surface area contributed by atoms with Crippen molar-refractivity contribution < 1.29 is 26.7 Å². The highest BCUT2D eigenvalue weighted by atomic mass is 32.3. The molecule has 0 heterocycles. The topological polar surface area (TPSA) is 118 Å². The molecule has 9 heteroatoms. The summed E-state index contributed by atoms with van der Waals surface area (Å²) in [7, 11) is -7.37. The Morgan fingerprint density at radius 2 is 1.71 bits per heavy atom. The maximum atomic E-state index is 11.2. The molecule has 0 aliphatic heterocycles. The Morgan fingerprint density at radius 3 is 2.18 bits per heavy atom. The Labute approximate surface area is 101 Å². The molecule has 0 bridgehead atoms. The van der Waals surface area contributed by atoms with Crippen molar-refractivity contribution in [2.75, 3.05) is 17.9 Å². The summed E-state index contributed by atoms with van der Waals surface area (Å²) in [5.74, 6) is -0.886. The van der Waals surface area contributed by atoms with Crippen molar-refractivity contribution in [2.24, 2.45) is 0 Å². The molecular formula is C8H17NO6S2. The normalized spacial score (nSPS) is 12.5. The highest BCUT2D eigenvalue weighted by Gasteiger charge is 2.16. The van der Waals surface area contributed by atoms with Gasteiger partial charge in [-0.15, -0.1) is 0 Å². The van der Waals surface area contributed by atoms with Gasteiger partial charge in [0.25, 0.3) is 0 Å². The van der Waals surface area contributed by atoms with Gasteiger partial charge in [0.05, 0.1) is 0 Å². The SMILES string of the molecule is CS(=O)(=O)CS(=O)(=O)NCCCCCC(=O)O. The van der Waals surface area contributed by atoms with E-state index in [0.29, 0.717) is 19.3 Å². The van der Waals surface area contributed by atoms with Crippen molar-refractivity contribution in [3.05, 3.63) is 0 Å². The van der Waals surface area contributed by atoms with E-state index in [1.54, 1.807) is 0 Å².